The number of aryl methyl sites for hydroxylation is 2. The molecule has 0 spiro atoms. The predicted octanol–water partition coefficient (Wildman–Crippen LogP) is 4.49. The maximum Gasteiger partial charge on any atom is 0.434 e. The van der Waals surface area contributed by atoms with Crippen molar-refractivity contribution >= 4 is 11.2 Å². The first-order valence-electron chi connectivity index (χ1n) is 11.8. The van der Waals surface area contributed by atoms with E-state index >= 15 is 0 Å². The zero-order valence-electron chi connectivity index (χ0n) is 21.2. The maximum absolute atomic E-state index is 13.1. The number of imidazole rings is 2. The number of aliphatic hydroxyl groups is 1. The SMILES string of the molecule is Cn1cc(C(F)(F)F)nc1-c1ccc(Cn2c(=O)n(C)c3cnc(-c4ccccc4C(C)(C)O)nc32)cc1. The molecule has 0 radical (unpaired) electrons. The summed E-state index contributed by atoms with van der Waals surface area (Å²) in [6, 6.07) is 14.1. The summed E-state index contributed by atoms with van der Waals surface area (Å²) in [7, 11) is 3.14. The third-order valence-electron chi connectivity index (χ3n) is 6.43. The van der Waals surface area contributed by atoms with Crippen LogP contribution in [0.1, 0.15) is 30.7 Å². The standard InChI is InChI=1S/C27H25F3N6O2/c1-26(2,38)19-8-6-5-7-18(19)22-31-13-20-24(33-22)36(25(37)35(20)4)14-16-9-11-17(12-10-16)23-32-21(15-34(23)3)27(28,29)30/h5-13,15,38H,14H2,1-4H3. The minimum Gasteiger partial charge on any atom is -0.386 e. The van der Waals surface area contributed by atoms with Crippen LogP contribution < -0.4 is 5.69 Å². The van der Waals surface area contributed by atoms with Crippen molar-refractivity contribution in [3.05, 3.63) is 88.2 Å². The number of fused-ring (bicyclic) bond motifs is 1. The molecule has 196 valence electrons. The number of aromatic nitrogens is 6. The Kier molecular flexibility index (Phi) is 5.98. The lowest BCUT2D eigenvalue weighted by Crippen LogP contribution is -2.22. The molecule has 0 aliphatic heterocycles. The Morgan fingerprint density at radius 2 is 1.66 bits per heavy atom. The van der Waals surface area contributed by atoms with Crippen molar-refractivity contribution in [2.75, 3.05) is 0 Å². The molecule has 8 nitrogen and oxygen atoms in total. The largest absolute Gasteiger partial charge is 0.434 e. The summed E-state index contributed by atoms with van der Waals surface area (Å²) in [5.74, 6) is 0.564. The zero-order valence-corrected chi connectivity index (χ0v) is 21.2. The summed E-state index contributed by atoms with van der Waals surface area (Å²) < 4.78 is 43.5. The van der Waals surface area contributed by atoms with Crippen molar-refractivity contribution in [3.8, 4) is 22.8 Å². The predicted molar refractivity (Wildman–Crippen MR) is 136 cm³/mol. The number of hydrogen-bond acceptors (Lipinski definition) is 5. The molecule has 0 saturated heterocycles. The van der Waals surface area contributed by atoms with Gasteiger partial charge in [0.2, 0.25) is 0 Å². The van der Waals surface area contributed by atoms with Gasteiger partial charge in [0, 0.05) is 31.4 Å². The fourth-order valence-electron chi connectivity index (χ4n) is 4.47. The molecule has 5 aromatic rings. The highest BCUT2D eigenvalue weighted by Crippen LogP contribution is 2.32. The molecule has 0 aliphatic rings. The average molecular weight is 523 g/mol. The van der Waals surface area contributed by atoms with E-state index in [2.05, 4.69) is 9.97 Å². The second-order valence-electron chi connectivity index (χ2n) is 9.69. The number of benzene rings is 2. The van der Waals surface area contributed by atoms with Crippen molar-refractivity contribution in [1.29, 1.82) is 0 Å². The van der Waals surface area contributed by atoms with Crippen LogP contribution in [-0.2, 0) is 32.4 Å². The van der Waals surface area contributed by atoms with Gasteiger partial charge in [0.15, 0.2) is 17.2 Å². The summed E-state index contributed by atoms with van der Waals surface area (Å²) in [6.07, 6.45) is -2.00. The van der Waals surface area contributed by atoms with Crippen LogP contribution in [0.25, 0.3) is 33.9 Å². The van der Waals surface area contributed by atoms with Gasteiger partial charge in [-0.05, 0) is 25.0 Å². The van der Waals surface area contributed by atoms with E-state index in [1.54, 1.807) is 51.4 Å². The molecule has 0 unspecified atom stereocenters. The Morgan fingerprint density at radius 1 is 0.974 bits per heavy atom. The molecule has 3 heterocycles. The number of halogens is 3. The van der Waals surface area contributed by atoms with Crippen LogP contribution in [0.15, 0.2) is 65.7 Å². The molecule has 0 bridgehead atoms. The maximum atomic E-state index is 13.1. The second kappa shape index (κ2) is 8.95. The van der Waals surface area contributed by atoms with Crippen LogP contribution in [-0.4, -0.2) is 33.8 Å². The Morgan fingerprint density at radius 3 is 2.29 bits per heavy atom. The molecule has 0 atom stereocenters. The van der Waals surface area contributed by atoms with E-state index < -0.39 is 17.5 Å². The third kappa shape index (κ3) is 4.49. The monoisotopic (exact) mass is 522 g/mol. The number of rotatable bonds is 5. The molecule has 3 aromatic heterocycles. The first kappa shape index (κ1) is 25.4. The number of nitrogens with zero attached hydrogens (tertiary/aromatic N) is 6. The first-order chi connectivity index (χ1) is 17.8. The summed E-state index contributed by atoms with van der Waals surface area (Å²) >= 11 is 0. The van der Waals surface area contributed by atoms with Crippen LogP contribution in [0.2, 0.25) is 0 Å². The number of hydrogen-bond donors (Lipinski definition) is 1. The zero-order chi connectivity index (χ0) is 27.4. The number of alkyl halides is 3. The molecule has 11 heteroatoms. The Balaban J connectivity index is 1.52. The lowest BCUT2D eigenvalue weighted by Gasteiger charge is -2.20. The lowest BCUT2D eigenvalue weighted by molar-refractivity contribution is -0.140. The highest BCUT2D eigenvalue weighted by molar-refractivity contribution is 5.74. The Bertz CT molecular complexity index is 1710. The van der Waals surface area contributed by atoms with Gasteiger partial charge in [0.1, 0.15) is 11.3 Å². The van der Waals surface area contributed by atoms with E-state index in [9.17, 15) is 23.1 Å². The summed E-state index contributed by atoms with van der Waals surface area (Å²) in [5.41, 5.74) is 1.19. The van der Waals surface area contributed by atoms with Crippen molar-refractivity contribution in [2.24, 2.45) is 14.1 Å². The topological polar surface area (TPSA) is 90.8 Å². The van der Waals surface area contributed by atoms with Crippen molar-refractivity contribution in [1.82, 2.24) is 28.7 Å². The molecule has 5 rings (SSSR count). The van der Waals surface area contributed by atoms with Gasteiger partial charge in [0.05, 0.1) is 18.3 Å². The fourth-order valence-corrected chi connectivity index (χ4v) is 4.47. The van der Waals surface area contributed by atoms with Gasteiger partial charge in [-0.2, -0.15) is 13.2 Å². The minimum atomic E-state index is -4.53. The Hall–Kier alpha value is -4.25. The van der Waals surface area contributed by atoms with Crippen LogP contribution in [0, 0.1) is 0 Å². The first-order valence-corrected chi connectivity index (χ1v) is 11.8. The molecule has 38 heavy (non-hydrogen) atoms. The van der Waals surface area contributed by atoms with Crippen molar-refractivity contribution in [3.63, 3.8) is 0 Å². The molecular formula is C27H25F3N6O2. The van der Waals surface area contributed by atoms with E-state index in [0.29, 0.717) is 33.7 Å². The van der Waals surface area contributed by atoms with Crippen molar-refractivity contribution in [2.45, 2.75) is 32.2 Å². The Labute approximate surface area is 215 Å². The summed E-state index contributed by atoms with van der Waals surface area (Å²) in [6.45, 7) is 3.55. The van der Waals surface area contributed by atoms with Crippen LogP contribution in [0.5, 0.6) is 0 Å². The van der Waals surface area contributed by atoms with Crippen LogP contribution in [0.4, 0.5) is 13.2 Å². The minimum absolute atomic E-state index is 0.189. The average Bonchev–Trinajstić information content (AvgIpc) is 3.37. The molecular weight excluding hydrogens is 497 g/mol. The molecule has 0 saturated carbocycles. The van der Waals surface area contributed by atoms with Gasteiger partial charge in [0.25, 0.3) is 0 Å². The van der Waals surface area contributed by atoms with Gasteiger partial charge in [-0.25, -0.2) is 19.7 Å². The molecule has 1 N–H and O–H groups in total. The van der Waals surface area contributed by atoms with E-state index in [1.165, 1.54) is 20.7 Å². The van der Waals surface area contributed by atoms with E-state index in [-0.39, 0.29) is 18.1 Å². The molecule has 0 aliphatic carbocycles. The van der Waals surface area contributed by atoms with E-state index in [4.69, 9.17) is 4.98 Å². The van der Waals surface area contributed by atoms with Crippen LogP contribution >= 0.6 is 0 Å². The smallest absolute Gasteiger partial charge is 0.386 e. The molecule has 0 amide bonds. The fraction of sp³-hybridized carbons (Fsp3) is 0.259. The second-order valence-corrected chi connectivity index (χ2v) is 9.69. The van der Waals surface area contributed by atoms with Gasteiger partial charge < -0.3 is 9.67 Å². The lowest BCUT2D eigenvalue weighted by atomic mass is 9.93. The van der Waals surface area contributed by atoms with Crippen molar-refractivity contribution < 1.29 is 18.3 Å². The van der Waals surface area contributed by atoms with Gasteiger partial charge in [-0.3, -0.25) is 9.13 Å². The highest BCUT2D eigenvalue weighted by atomic mass is 19.4. The normalized spacial score (nSPS) is 12.4. The van der Waals surface area contributed by atoms with Gasteiger partial charge in [-0.15, -0.1) is 0 Å². The highest BCUT2D eigenvalue weighted by Gasteiger charge is 2.34. The molecule has 0 fully saturated rings. The van der Waals surface area contributed by atoms with Crippen LogP contribution in [0.3, 0.4) is 0 Å². The third-order valence-corrected chi connectivity index (χ3v) is 6.43. The van der Waals surface area contributed by atoms with Gasteiger partial charge >= 0.3 is 11.9 Å². The van der Waals surface area contributed by atoms with Gasteiger partial charge in [-0.1, -0.05) is 48.5 Å². The summed E-state index contributed by atoms with van der Waals surface area (Å²) in [5, 5.41) is 10.6. The summed E-state index contributed by atoms with van der Waals surface area (Å²) in [4.78, 5) is 26.0. The molecule has 2 aromatic carbocycles. The quantitative estimate of drug-likeness (QED) is 0.367. The van der Waals surface area contributed by atoms with E-state index in [0.717, 1.165) is 11.8 Å². The van der Waals surface area contributed by atoms with E-state index in [1.807, 2.05) is 24.3 Å².